The van der Waals surface area contributed by atoms with Gasteiger partial charge in [-0.2, -0.15) is 0 Å². The zero-order chi connectivity index (χ0) is 23.3. The zero-order valence-electron chi connectivity index (χ0n) is 18.6. The number of halogens is 2. The first-order valence-corrected chi connectivity index (χ1v) is 12.3. The number of aliphatic hydroxyl groups excluding tert-OH is 1. The standard InChI is InChI=1S/C25H27ClFN3O2S/c1-32-19-4-5-23-20(13-19)24(21(26)14-28-23)22(27)6-7-25(16-31)8-11-30(12-9-25)10-2-3-18-15-33-17-29-18/h4-5,13-15,17,22,31H,6-12,16H2,1H3. The molecule has 1 atom stereocenters. The van der Waals surface area contributed by atoms with Gasteiger partial charge in [0.25, 0.3) is 0 Å². The van der Waals surface area contributed by atoms with Crippen molar-refractivity contribution in [1.29, 1.82) is 0 Å². The van der Waals surface area contributed by atoms with Crippen LogP contribution in [0, 0.1) is 17.3 Å². The van der Waals surface area contributed by atoms with Crippen LogP contribution < -0.4 is 4.74 Å². The van der Waals surface area contributed by atoms with Gasteiger partial charge in [0, 0.05) is 29.1 Å². The molecule has 0 saturated carbocycles. The van der Waals surface area contributed by atoms with Crippen molar-refractivity contribution < 1.29 is 14.2 Å². The Morgan fingerprint density at radius 2 is 2.15 bits per heavy atom. The normalized spacial score (nSPS) is 16.8. The van der Waals surface area contributed by atoms with Crippen LogP contribution in [0.25, 0.3) is 10.9 Å². The third-order valence-electron chi connectivity index (χ3n) is 6.51. The number of likely N-dealkylation sites (tertiary alicyclic amines) is 1. The maximum Gasteiger partial charge on any atom is 0.127 e. The zero-order valence-corrected chi connectivity index (χ0v) is 20.1. The van der Waals surface area contributed by atoms with E-state index in [1.165, 1.54) is 17.5 Å². The van der Waals surface area contributed by atoms with Gasteiger partial charge in [-0.1, -0.05) is 17.5 Å². The molecule has 0 bridgehead atoms. The van der Waals surface area contributed by atoms with Crippen LogP contribution in [0.15, 0.2) is 35.3 Å². The van der Waals surface area contributed by atoms with Gasteiger partial charge in [0.05, 0.1) is 29.7 Å². The summed E-state index contributed by atoms with van der Waals surface area (Å²) in [6.07, 6.45) is 2.76. The molecule has 1 fully saturated rings. The third-order valence-corrected chi connectivity index (χ3v) is 7.40. The first-order valence-electron chi connectivity index (χ1n) is 11.0. The molecule has 1 aliphatic rings. The van der Waals surface area contributed by atoms with E-state index in [9.17, 15) is 5.11 Å². The summed E-state index contributed by atoms with van der Waals surface area (Å²) >= 11 is 7.91. The highest BCUT2D eigenvalue weighted by Gasteiger charge is 2.35. The largest absolute Gasteiger partial charge is 0.497 e. The van der Waals surface area contributed by atoms with Crippen molar-refractivity contribution in [1.82, 2.24) is 14.9 Å². The van der Waals surface area contributed by atoms with Crippen LogP contribution in [0.1, 0.15) is 43.1 Å². The average molecular weight is 488 g/mol. The van der Waals surface area contributed by atoms with Gasteiger partial charge in [0.15, 0.2) is 0 Å². The number of thiazole rings is 1. The van der Waals surface area contributed by atoms with Crippen molar-refractivity contribution in [2.75, 3.05) is 33.4 Å². The Hall–Kier alpha value is -2.24. The van der Waals surface area contributed by atoms with Crippen LogP contribution >= 0.6 is 22.9 Å². The van der Waals surface area contributed by atoms with E-state index in [2.05, 4.69) is 26.7 Å². The number of benzene rings is 1. The fourth-order valence-corrected chi connectivity index (χ4v) is 5.13. The van der Waals surface area contributed by atoms with Crippen LogP contribution in [0.4, 0.5) is 4.39 Å². The van der Waals surface area contributed by atoms with Crippen molar-refractivity contribution in [2.24, 2.45) is 5.41 Å². The summed E-state index contributed by atoms with van der Waals surface area (Å²) in [6.45, 7) is 2.39. The Kier molecular flexibility index (Phi) is 7.82. The Morgan fingerprint density at radius 3 is 2.85 bits per heavy atom. The summed E-state index contributed by atoms with van der Waals surface area (Å²) in [5, 5.41) is 13.1. The number of alkyl halides is 1. The Labute approximate surface area is 202 Å². The van der Waals surface area contributed by atoms with Gasteiger partial charge in [-0.15, -0.1) is 11.3 Å². The molecule has 1 unspecified atom stereocenters. The van der Waals surface area contributed by atoms with E-state index >= 15 is 4.39 Å². The van der Waals surface area contributed by atoms with Crippen molar-refractivity contribution >= 4 is 33.8 Å². The van der Waals surface area contributed by atoms with Gasteiger partial charge in [-0.05, 0) is 68.3 Å². The fourth-order valence-electron chi connectivity index (χ4n) is 4.38. The lowest BCUT2D eigenvalue weighted by Gasteiger charge is -2.40. The number of hydrogen-bond acceptors (Lipinski definition) is 6. The molecule has 1 aliphatic heterocycles. The van der Waals surface area contributed by atoms with Crippen molar-refractivity contribution in [3.63, 3.8) is 0 Å². The number of aliphatic hydroxyl groups is 1. The fraction of sp³-hybridized carbons (Fsp3) is 0.440. The molecule has 3 heterocycles. The van der Waals surface area contributed by atoms with E-state index in [-0.39, 0.29) is 12.0 Å². The summed E-state index contributed by atoms with van der Waals surface area (Å²) in [6, 6.07) is 5.39. The van der Waals surface area contributed by atoms with Crippen LogP contribution in [0.5, 0.6) is 5.75 Å². The number of methoxy groups -OCH3 is 1. The maximum atomic E-state index is 15.5. The smallest absolute Gasteiger partial charge is 0.127 e. The first-order chi connectivity index (χ1) is 16.0. The lowest BCUT2D eigenvalue weighted by atomic mass is 9.74. The molecular formula is C25H27ClFN3O2S. The van der Waals surface area contributed by atoms with Gasteiger partial charge in [-0.25, -0.2) is 9.37 Å². The second-order valence-electron chi connectivity index (χ2n) is 8.52. The molecule has 1 aromatic carbocycles. The number of piperidine rings is 1. The number of pyridine rings is 1. The van der Waals surface area contributed by atoms with Crippen molar-refractivity contribution in [3.05, 3.63) is 51.6 Å². The van der Waals surface area contributed by atoms with E-state index < -0.39 is 6.17 Å². The van der Waals surface area contributed by atoms with E-state index in [0.717, 1.165) is 31.6 Å². The van der Waals surface area contributed by atoms with Crippen molar-refractivity contribution in [3.8, 4) is 17.6 Å². The summed E-state index contributed by atoms with van der Waals surface area (Å²) in [5.41, 5.74) is 3.42. The molecule has 174 valence electrons. The lowest BCUT2D eigenvalue weighted by molar-refractivity contribution is 0.0344. The van der Waals surface area contributed by atoms with Gasteiger partial charge < -0.3 is 9.84 Å². The summed E-state index contributed by atoms with van der Waals surface area (Å²) in [5.74, 6) is 6.89. The molecule has 8 heteroatoms. The SMILES string of the molecule is COc1ccc2ncc(Cl)c(C(F)CCC3(CO)CCN(CC#Cc4cscn4)CC3)c2c1. The molecule has 0 radical (unpaired) electrons. The highest BCUT2D eigenvalue weighted by atomic mass is 35.5. The number of fused-ring (bicyclic) bond motifs is 1. The second-order valence-corrected chi connectivity index (χ2v) is 9.64. The van der Waals surface area contributed by atoms with Crippen LogP contribution in [-0.4, -0.2) is 53.3 Å². The number of hydrogen-bond donors (Lipinski definition) is 1. The lowest BCUT2D eigenvalue weighted by Crippen LogP contribution is -2.42. The molecular weight excluding hydrogens is 461 g/mol. The molecule has 2 aromatic heterocycles. The second kappa shape index (κ2) is 10.8. The number of nitrogens with zero attached hydrogens (tertiary/aromatic N) is 3. The van der Waals surface area contributed by atoms with Gasteiger partial charge in [0.1, 0.15) is 17.6 Å². The Morgan fingerprint density at radius 1 is 1.33 bits per heavy atom. The minimum Gasteiger partial charge on any atom is -0.497 e. The minimum atomic E-state index is -1.25. The van der Waals surface area contributed by atoms with Crippen LogP contribution in [-0.2, 0) is 0 Å². The van der Waals surface area contributed by atoms with Gasteiger partial charge >= 0.3 is 0 Å². The van der Waals surface area contributed by atoms with Crippen LogP contribution in [0.2, 0.25) is 5.02 Å². The topological polar surface area (TPSA) is 58.5 Å². The number of rotatable bonds is 7. The van der Waals surface area contributed by atoms with Gasteiger partial charge in [-0.3, -0.25) is 9.88 Å². The molecule has 3 aromatic rings. The predicted octanol–water partition coefficient (Wildman–Crippen LogP) is 5.27. The summed E-state index contributed by atoms with van der Waals surface area (Å²) in [4.78, 5) is 10.8. The Balaban J connectivity index is 1.39. The predicted molar refractivity (Wildman–Crippen MR) is 131 cm³/mol. The quantitative estimate of drug-likeness (QED) is 0.460. The van der Waals surface area contributed by atoms with Crippen LogP contribution in [0.3, 0.4) is 0 Å². The van der Waals surface area contributed by atoms with Crippen molar-refractivity contribution in [2.45, 2.75) is 31.9 Å². The Bertz CT molecular complexity index is 1140. The van der Waals surface area contributed by atoms with E-state index in [0.29, 0.717) is 46.6 Å². The molecule has 1 saturated heterocycles. The molecule has 0 amide bonds. The summed E-state index contributed by atoms with van der Waals surface area (Å²) < 4.78 is 20.8. The van der Waals surface area contributed by atoms with Gasteiger partial charge in [0.2, 0.25) is 0 Å². The molecule has 5 nitrogen and oxygen atoms in total. The third kappa shape index (κ3) is 5.64. The van der Waals surface area contributed by atoms with E-state index in [1.807, 2.05) is 11.4 Å². The highest BCUT2D eigenvalue weighted by molar-refractivity contribution is 7.07. The number of aromatic nitrogens is 2. The molecule has 33 heavy (non-hydrogen) atoms. The molecule has 1 N–H and O–H groups in total. The average Bonchev–Trinajstić information content (AvgIpc) is 3.36. The van der Waals surface area contributed by atoms with E-state index in [4.69, 9.17) is 16.3 Å². The number of ether oxygens (including phenoxy) is 1. The molecule has 0 spiro atoms. The molecule has 0 aliphatic carbocycles. The van der Waals surface area contributed by atoms with E-state index in [1.54, 1.807) is 24.8 Å². The minimum absolute atomic E-state index is 0.0523. The molecule has 4 rings (SSSR count). The summed E-state index contributed by atoms with van der Waals surface area (Å²) in [7, 11) is 1.58. The first kappa shape index (κ1) is 23.9. The highest BCUT2D eigenvalue weighted by Crippen LogP contribution is 2.41. The monoisotopic (exact) mass is 487 g/mol. The maximum absolute atomic E-state index is 15.5.